The average Bonchev–Trinajstić information content (AvgIpc) is 3.31. The van der Waals surface area contributed by atoms with Gasteiger partial charge < -0.3 is 24.6 Å². The average molecular weight is 468 g/mol. The Morgan fingerprint density at radius 2 is 1.82 bits per heavy atom. The number of nitrogens with one attached hydrogen (secondary N) is 2. The third kappa shape index (κ3) is 4.45. The van der Waals surface area contributed by atoms with Gasteiger partial charge in [-0.3, -0.25) is 14.6 Å². The van der Waals surface area contributed by atoms with Crippen molar-refractivity contribution >= 4 is 29.1 Å². The fourth-order valence-corrected chi connectivity index (χ4v) is 4.16. The van der Waals surface area contributed by atoms with E-state index in [1.54, 1.807) is 12.1 Å². The fourth-order valence-electron chi connectivity index (χ4n) is 3.90. The molecule has 1 saturated heterocycles. The SMILES string of the molecule is O=C(NCc1ccc2c(c1)OCO2)c1cnc(N2CCN(c3ccccc3Cl)CC2)[nH]c1=O. The number of ether oxygens (including phenoxy) is 2. The van der Waals surface area contributed by atoms with Crippen LogP contribution in [0.2, 0.25) is 5.02 Å². The van der Waals surface area contributed by atoms with E-state index < -0.39 is 11.5 Å². The molecule has 3 aromatic rings. The summed E-state index contributed by atoms with van der Waals surface area (Å²) in [5, 5.41) is 3.46. The number of halogens is 1. The van der Waals surface area contributed by atoms with Crippen LogP contribution in [0.25, 0.3) is 0 Å². The molecule has 5 rings (SSSR count). The van der Waals surface area contributed by atoms with Crippen LogP contribution < -0.4 is 30.1 Å². The van der Waals surface area contributed by atoms with E-state index in [2.05, 4.69) is 20.2 Å². The summed E-state index contributed by atoms with van der Waals surface area (Å²) >= 11 is 6.30. The lowest BCUT2D eigenvalue weighted by atomic mass is 10.2. The Bertz CT molecular complexity index is 1240. The normalized spacial score (nSPS) is 14.9. The van der Waals surface area contributed by atoms with Crippen LogP contribution in [0.4, 0.5) is 11.6 Å². The highest BCUT2D eigenvalue weighted by Gasteiger charge is 2.21. The minimum atomic E-state index is -0.489. The molecule has 0 saturated carbocycles. The first-order valence-corrected chi connectivity index (χ1v) is 11.0. The predicted molar refractivity (Wildman–Crippen MR) is 124 cm³/mol. The van der Waals surface area contributed by atoms with Crippen molar-refractivity contribution in [3.05, 3.63) is 75.2 Å². The molecule has 2 aliphatic heterocycles. The van der Waals surface area contributed by atoms with Crippen molar-refractivity contribution < 1.29 is 14.3 Å². The van der Waals surface area contributed by atoms with Gasteiger partial charge in [-0.1, -0.05) is 29.8 Å². The molecule has 2 aromatic carbocycles. The Labute approximate surface area is 194 Å². The van der Waals surface area contributed by atoms with Gasteiger partial charge in [0, 0.05) is 38.9 Å². The molecule has 1 aromatic heterocycles. The maximum absolute atomic E-state index is 12.6. The van der Waals surface area contributed by atoms with E-state index in [9.17, 15) is 9.59 Å². The quantitative estimate of drug-likeness (QED) is 0.594. The second kappa shape index (κ2) is 9.03. The summed E-state index contributed by atoms with van der Waals surface area (Å²) in [6.45, 7) is 3.26. The highest BCUT2D eigenvalue weighted by atomic mass is 35.5. The minimum absolute atomic E-state index is 0.0332. The summed E-state index contributed by atoms with van der Waals surface area (Å²) in [6.07, 6.45) is 1.32. The Hall–Kier alpha value is -3.72. The van der Waals surface area contributed by atoms with Gasteiger partial charge >= 0.3 is 0 Å². The Kier molecular flexibility index (Phi) is 5.78. The first kappa shape index (κ1) is 21.1. The van der Waals surface area contributed by atoms with Crippen LogP contribution in [0, 0.1) is 0 Å². The second-order valence-corrected chi connectivity index (χ2v) is 8.15. The summed E-state index contributed by atoms with van der Waals surface area (Å²) < 4.78 is 10.6. The summed E-state index contributed by atoms with van der Waals surface area (Å²) in [6, 6.07) is 13.2. The van der Waals surface area contributed by atoms with E-state index in [0.717, 1.165) is 24.3 Å². The standard InChI is InChI=1S/C23H22ClN5O4/c24-17-3-1-2-4-18(17)28-7-9-29(10-8-28)23-26-13-16(22(31)27-23)21(30)25-12-15-5-6-19-20(11-15)33-14-32-19/h1-6,11,13H,7-10,12,14H2,(H,25,30)(H,26,27,31). The first-order chi connectivity index (χ1) is 16.1. The topological polar surface area (TPSA) is 99.8 Å². The molecule has 0 unspecified atom stereocenters. The summed E-state index contributed by atoms with van der Waals surface area (Å²) in [4.78, 5) is 36.4. The van der Waals surface area contributed by atoms with Gasteiger partial charge in [-0.2, -0.15) is 0 Å². The number of piperazine rings is 1. The number of carbonyl (C=O) groups excluding carboxylic acids is 1. The number of amides is 1. The van der Waals surface area contributed by atoms with Gasteiger partial charge in [-0.25, -0.2) is 4.98 Å². The molecule has 1 fully saturated rings. The predicted octanol–water partition coefficient (Wildman–Crippen LogP) is 2.41. The van der Waals surface area contributed by atoms with Crippen molar-refractivity contribution in [1.29, 1.82) is 0 Å². The molecule has 0 aliphatic carbocycles. The zero-order valence-corrected chi connectivity index (χ0v) is 18.5. The van der Waals surface area contributed by atoms with Crippen molar-refractivity contribution in [2.75, 3.05) is 42.8 Å². The number of rotatable bonds is 5. The Morgan fingerprint density at radius 1 is 1.06 bits per heavy atom. The van der Waals surface area contributed by atoms with Crippen LogP contribution in [-0.4, -0.2) is 48.8 Å². The maximum Gasteiger partial charge on any atom is 0.265 e. The number of aromatic amines is 1. The van der Waals surface area contributed by atoms with Crippen LogP contribution in [-0.2, 0) is 6.54 Å². The van der Waals surface area contributed by atoms with Crippen molar-refractivity contribution in [2.24, 2.45) is 0 Å². The molecular formula is C23H22ClN5O4. The zero-order valence-electron chi connectivity index (χ0n) is 17.7. The molecule has 2 N–H and O–H groups in total. The van der Waals surface area contributed by atoms with E-state index in [-0.39, 0.29) is 18.9 Å². The molecule has 1 amide bonds. The van der Waals surface area contributed by atoms with Crippen molar-refractivity contribution in [2.45, 2.75) is 6.54 Å². The van der Waals surface area contributed by atoms with Crippen LogP contribution in [0.1, 0.15) is 15.9 Å². The first-order valence-electron chi connectivity index (χ1n) is 10.6. The van der Waals surface area contributed by atoms with Gasteiger partial charge in [-0.15, -0.1) is 0 Å². The summed E-state index contributed by atoms with van der Waals surface area (Å²) in [5.74, 6) is 1.27. The van der Waals surface area contributed by atoms with Crippen LogP contribution >= 0.6 is 11.6 Å². The monoisotopic (exact) mass is 467 g/mol. The fraction of sp³-hybridized carbons (Fsp3) is 0.261. The molecule has 10 heteroatoms. The third-order valence-corrected chi connectivity index (χ3v) is 6.01. The van der Waals surface area contributed by atoms with E-state index in [4.69, 9.17) is 21.1 Å². The molecule has 33 heavy (non-hydrogen) atoms. The van der Waals surface area contributed by atoms with Crippen LogP contribution in [0.15, 0.2) is 53.5 Å². The zero-order chi connectivity index (χ0) is 22.8. The van der Waals surface area contributed by atoms with Crippen molar-refractivity contribution in [1.82, 2.24) is 15.3 Å². The van der Waals surface area contributed by atoms with Crippen LogP contribution in [0.5, 0.6) is 11.5 Å². The van der Waals surface area contributed by atoms with Gasteiger partial charge in [0.2, 0.25) is 12.7 Å². The van der Waals surface area contributed by atoms with Crippen molar-refractivity contribution in [3.8, 4) is 11.5 Å². The van der Waals surface area contributed by atoms with Gasteiger partial charge in [0.25, 0.3) is 11.5 Å². The largest absolute Gasteiger partial charge is 0.454 e. The third-order valence-electron chi connectivity index (χ3n) is 5.69. The van der Waals surface area contributed by atoms with Crippen molar-refractivity contribution in [3.63, 3.8) is 0 Å². The van der Waals surface area contributed by atoms with Gasteiger partial charge in [0.15, 0.2) is 11.5 Å². The minimum Gasteiger partial charge on any atom is -0.454 e. The molecule has 0 radical (unpaired) electrons. The van der Waals surface area contributed by atoms with E-state index in [1.807, 2.05) is 35.2 Å². The molecule has 3 heterocycles. The number of H-pyrrole nitrogens is 1. The maximum atomic E-state index is 12.6. The molecule has 170 valence electrons. The summed E-state index contributed by atoms with van der Waals surface area (Å²) in [7, 11) is 0. The molecule has 0 atom stereocenters. The number of fused-ring (bicyclic) bond motifs is 1. The number of nitrogens with zero attached hydrogens (tertiary/aromatic N) is 3. The van der Waals surface area contributed by atoms with E-state index in [1.165, 1.54) is 6.20 Å². The molecular weight excluding hydrogens is 446 g/mol. The lowest BCUT2D eigenvalue weighted by molar-refractivity contribution is 0.0949. The molecule has 2 aliphatic rings. The lowest BCUT2D eigenvalue weighted by Crippen LogP contribution is -2.47. The number of anilines is 2. The van der Waals surface area contributed by atoms with Crippen LogP contribution in [0.3, 0.4) is 0 Å². The second-order valence-electron chi connectivity index (χ2n) is 7.75. The number of para-hydroxylation sites is 1. The number of carbonyl (C=O) groups is 1. The number of benzene rings is 2. The number of hydrogen-bond acceptors (Lipinski definition) is 7. The van der Waals surface area contributed by atoms with E-state index in [0.29, 0.717) is 35.6 Å². The van der Waals surface area contributed by atoms with Gasteiger partial charge in [-0.05, 0) is 29.8 Å². The number of aromatic nitrogens is 2. The summed E-state index contributed by atoms with van der Waals surface area (Å²) in [5.41, 5.74) is 1.32. The molecule has 0 bridgehead atoms. The Balaban J connectivity index is 1.20. The van der Waals surface area contributed by atoms with E-state index >= 15 is 0 Å². The Morgan fingerprint density at radius 3 is 2.61 bits per heavy atom. The molecule has 0 spiro atoms. The highest BCUT2D eigenvalue weighted by Crippen LogP contribution is 2.32. The highest BCUT2D eigenvalue weighted by molar-refractivity contribution is 6.33. The number of hydrogen-bond donors (Lipinski definition) is 2. The smallest absolute Gasteiger partial charge is 0.265 e. The molecule has 9 nitrogen and oxygen atoms in total. The lowest BCUT2D eigenvalue weighted by Gasteiger charge is -2.36. The van der Waals surface area contributed by atoms with Gasteiger partial charge in [0.1, 0.15) is 5.56 Å². The van der Waals surface area contributed by atoms with Gasteiger partial charge in [0.05, 0.1) is 10.7 Å².